The van der Waals surface area contributed by atoms with Crippen LogP contribution in [0.15, 0.2) is 12.1 Å². The van der Waals surface area contributed by atoms with Crippen molar-refractivity contribution in [2.45, 2.75) is 6.54 Å². The van der Waals surface area contributed by atoms with E-state index in [4.69, 9.17) is 21.9 Å². The lowest BCUT2D eigenvalue weighted by atomic mass is 10.2. The Bertz CT molecular complexity index is 402. The Morgan fingerprint density at radius 2 is 2.27 bits per heavy atom. The number of rotatable bonds is 3. The molecule has 1 atom stereocenters. The summed E-state index contributed by atoms with van der Waals surface area (Å²) in [5, 5.41) is 0.180. The zero-order valence-corrected chi connectivity index (χ0v) is 9.48. The van der Waals surface area contributed by atoms with Crippen molar-refractivity contribution >= 4 is 28.6 Å². The maximum absolute atomic E-state index is 12.9. The Kier molecular flexibility index (Phi) is 4.04. The molecule has 0 fully saturated rings. The quantitative estimate of drug-likeness (QED) is 0.635. The standard InChI is InChI=1S/C8H10ClFN2O2S/c1-12(15(13)14)4-5-2-8(11)7(10)3-6(5)9/h2-3H,4,11H2,1H3,(H,13,14). The highest BCUT2D eigenvalue weighted by Crippen LogP contribution is 2.23. The molecule has 84 valence electrons. The van der Waals surface area contributed by atoms with Gasteiger partial charge < -0.3 is 5.73 Å². The fourth-order valence-corrected chi connectivity index (χ4v) is 1.49. The molecule has 3 N–H and O–H groups in total. The monoisotopic (exact) mass is 252 g/mol. The average molecular weight is 253 g/mol. The lowest BCUT2D eigenvalue weighted by Gasteiger charge is -2.13. The molecule has 0 aliphatic rings. The second kappa shape index (κ2) is 4.89. The average Bonchev–Trinajstić information content (AvgIpc) is 2.13. The van der Waals surface area contributed by atoms with Crippen LogP contribution >= 0.6 is 11.6 Å². The van der Waals surface area contributed by atoms with Crippen molar-refractivity contribution in [3.8, 4) is 0 Å². The summed E-state index contributed by atoms with van der Waals surface area (Å²) in [7, 11) is 1.44. The SMILES string of the molecule is CN(Cc1cc(N)c(F)cc1Cl)S(=O)O. The number of hydrogen-bond donors (Lipinski definition) is 2. The van der Waals surface area contributed by atoms with E-state index in [9.17, 15) is 8.60 Å². The summed E-state index contributed by atoms with van der Waals surface area (Å²) < 4.78 is 33.5. The molecule has 0 saturated heterocycles. The van der Waals surface area contributed by atoms with Gasteiger partial charge in [-0.3, -0.25) is 4.55 Å². The number of hydrogen-bond acceptors (Lipinski definition) is 2. The molecule has 1 aromatic carbocycles. The van der Waals surface area contributed by atoms with Gasteiger partial charge in [-0.15, -0.1) is 0 Å². The van der Waals surface area contributed by atoms with Crippen molar-refractivity contribution in [1.29, 1.82) is 0 Å². The zero-order valence-electron chi connectivity index (χ0n) is 7.91. The lowest BCUT2D eigenvalue weighted by molar-refractivity contribution is 0.444. The molecule has 1 rings (SSSR count). The Morgan fingerprint density at radius 3 is 2.80 bits per heavy atom. The number of nitrogens with zero attached hydrogens (tertiary/aromatic N) is 1. The summed E-state index contributed by atoms with van der Waals surface area (Å²) >= 11 is 3.66. The third-order valence-electron chi connectivity index (χ3n) is 1.83. The fourth-order valence-electron chi connectivity index (χ4n) is 1.03. The molecule has 15 heavy (non-hydrogen) atoms. The van der Waals surface area contributed by atoms with Gasteiger partial charge in [0.1, 0.15) is 5.82 Å². The minimum Gasteiger partial charge on any atom is -0.396 e. The Hall–Kier alpha value is -0.690. The maximum Gasteiger partial charge on any atom is 0.234 e. The minimum absolute atomic E-state index is 0.0356. The lowest BCUT2D eigenvalue weighted by Crippen LogP contribution is -2.20. The van der Waals surface area contributed by atoms with Crippen LogP contribution in [0.2, 0.25) is 5.02 Å². The van der Waals surface area contributed by atoms with Crippen LogP contribution in [0.5, 0.6) is 0 Å². The molecule has 7 heteroatoms. The number of halogens is 2. The van der Waals surface area contributed by atoms with Crippen LogP contribution in [-0.2, 0) is 17.8 Å². The number of benzene rings is 1. The minimum atomic E-state index is -2.09. The first-order chi connectivity index (χ1) is 6.91. The van der Waals surface area contributed by atoms with E-state index in [0.717, 1.165) is 10.4 Å². The van der Waals surface area contributed by atoms with Crippen molar-refractivity contribution < 1.29 is 13.2 Å². The van der Waals surface area contributed by atoms with Gasteiger partial charge in [0.05, 0.1) is 5.69 Å². The molecular weight excluding hydrogens is 243 g/mol. The molecule has 0 saturated carbocycles. The van der Waals surface area contributed by atoms with Crippen LogP contribution in [0.1, 0.15) is 5.56 Å². The predicted molar refractivity (Wildman–Crippen MR) is 58.1 cm³/mol. The number of nitrogen functional groups attached to an aromatic ring is 1. The fraction of sp³-hybridized carbons (Fsp3) is 0.250. The Morgan fingerprint density at radius 1 is 1.67 bits per heavy atom. The largest absolute Gasteiger partial charge is 0.396 e. The molecular formula is C8H10ClFN2O2S. The number of anilines is 1. The van der Waals surface area contributed by atoms with E-state index >= 15 is 0 Å². The van der Waals surface area contributed by atoms with Crippen molar-refractivity contribution in [3.05, 3.63) is 28.5 Å². The molecule has 4 nitrogen and oxygen atoms in total. The summed E-state index contributed by atoms with van der Waals surface area (Å²) in [5.74, 6) is -0.600. The van der Waals surface area contributed by atoms with E-state index in [1.165, 1.54) is 13.1 Å². The van der Waals surface area contributed by atoms with Gasteiger partial charge in [0, 0.05) is 18.6 Å². The van der Waals surface area contributed by atoms with Crippen LogP contribution in [0.4, 0.5) is 10.1 Å². The second-order valence-corrected chi connectivity index (χ2v) is 4.47. The predicted octanol–water partition coefficient (Wildman–Crippen LogP) is 1.63. The van der Waals surface area contributed by atoms with E-state index in [1.807, 2.05) is 0 Å². The summed E-state index contributed by atoms with van der Waals surface area (Å²) in [6.45, 7) is 0.117. The molecule has 0 aromatic heterocycles. The van der Waals surface area contributed by atoms with Crippen LogP contribution in [0.3, 0.4) is 0 Å². The normalized spacial score (nSPS) is 13.1. The summed E-state index contributed by atoms with van der Waals surface area (Å²) in [6.07, 6.45) is 0. The summed E-state index contributed by atoms with van der Waals surface area (Å²) in [4.78, 5) is 0. The molecule has 0 spiro atoms. The first-order valence-electron chi connectivity index (χ1n) is 3.97. The third kappa shape index (κ3) is 3.13. The van der Waals surface area contributed by atoms with E-state index in [0.29, 0.717) is 5.56 Å². The van der Waals surface area contributed by atoms with E-state index in [-0.39, 0.29) is 17.3 Å². The highest BCUT2D eigenvalue weighted by Gasteiger charge is 2.11. The van der Waals surface area contributed by atoms with E-state index in [1.54, 1.807) is 0 Å². The van der Waals surface area contributed by atoms with Crippen LogP contribution in [0.25, 0.3) is 0 Å². The third-order valence-corrected chi connectivity index (χ3v) is 2.84. The van der Waals surface area contributed by atoms with Crippen LogP contribution in [-0.4, -0.2) is 20.1 Å². The summed E-state index contributed by atoms with van der Waals surface area (Å²) in [5.41, 5.74) is 5.82. The summed E-state index contributed by atoms with van der Waals surface area (Å²) in [6, 6.07) is 2.43. The van der Waals surface area contributed by atoms with Gasteiger partial charge in [-0.25, -0.2) is 8.60 Å². The van der Waals surface area contributed by atoms with Crippen LogP contribution in [0, 0.1) is 5.82 Å². The molecule has 1 aromatic rings. The molecule has 0 radical (unpaired) electrons. The molecule has 0 amide bonds. The van der Waals surface area contributed by atoms with Gasteiger partial charge in [-0.1, -0.05) is 11.6 Å². The Labute approximate surface area is 94.2 Å². The number of nitrogens with two attached hydrogens (primary N) is 1. The van der Waals surface area contributed by atoms with Crippen molar-refractivity contribution in [3.63, 3.8) is 0 Å². The molecule has 0 aliphatic heterocycles. The van der Waals surface area contributed by atoms with E-state index in [2.05, 4.69) is 0 Å². The maximum atomic E-state index is 12.9. The van der Waals surface area contributed by atoms with Gasteiger partial charge in [0.15, 0.2) is 0 Å². The van der Waals surface area contributed by atoms with Crippen molar-refractivity contribution in [2.75, 3.05) is 12.8 Å². The molecule has 0 heterocycles. The first-order valence-corrected chi connectivity index (χ1v) is 5.41. The van der Waals surface area contributed by atoms with Crippen molar-refractivity contribution in [2.24, 2.45) is 0 Å². The molecule has 0 bridgehead atoms. The van der Waals surface area contributed by atoms with Gasteiger partial charge in [0.2, 0.25) is 11.3 Å². The highest BCUT2D eigenvalue weighted by atomic mass is 35.5. The molecule has 1 unspecified atom stereocenters. The van der Waals surface area contributed by atoms with Gasteiger partial charge in [-0.05, 0) is 17.7 Å². The highest BCUT2D eigenvalue weighted by molar-refractivity contribution is 7.76. The smallest absolute Gasteiger partial charge is 0.234 e. The first kappa shape index (κ1) is 12.4. The van der Waals surface area contributed by atoms with Gasteiger partial charge >= 0.3 is 0 Å². The molecule has 0 aliphatic carbocycles. The zero-order chi connectivity index (χ0) is 11.6. The van der Waals surface area contributed by atoms with E-state index < -0.39 is 17.1 Å². The van der Waals surface area contributed by atoms with Gasteiger partial charge in [0.25, 0.3) is 0 Å². The topological polar surface area (TPSA) is 66.6 Å². The second-order valence-electron chi connectivity index (χ2n) is 2.98. The van der Waals surface area contributed by atoms with Crippen molar-refractivity contribution in [1.82, 2.24) is 4.31 Å². The van der Waals surface area contributed by atoms with Crippen LogP contribution < -0.4 is 5.73 Å². The Balaban J connectivity index is 2.95. The van der Waals surface area contributed by atoms with Gasteiger partial charge in [-0.2, -0.15) is 4.31 Å².